The van der Waals surface area contributed by atoms with Gasteiger partial charge in [0.1, 0.15) is 11.5 Å². The van der Waals surface area contributed by atoms with Gasteiger partial charge in [0, 0.05) is 25.2 Å². The van der Waals surface area contributed by atoms with E-state index in [0.29, 0.717) is 45.3 Å². The minimum Gasteiger partial charge on any atom is -0.508 e. The number of nitrogens with zero attached hydrogens (tertiary/aromatic N) is 3. The molecule has 3 N–H and O–H groups in total. The van der Waals surface area contributed by atoms with Crippen LogP contribution in [0.3, 0.4) is 0 Å². The Kier molecular flexibility index (Phi) is 6.34. The number of amides is 1. The monoisotopic (exact) mass is 527 g/mol. The van der Waals surface area contributed by atoms with Gasteiger partial charge in [-0.2, -0.15) is 0 Å². The number of rotatable bonds is 7. The van der Waals surface area contributed by atoms with Gasteiger partial charge >= 0.3 is 6.36 Å². The fourth-order valence-corrected chi connectivity index (χ4v) is 4.73. The summed E-state index contributed by atoms with van der Waals surface area (Å²) in [5, 5.41) is 16.0. The second kappa shape index (κ2) is 9.62. The lowest BCUT2D eigenvalue weighted by Gasteiger charge is -2.07. The first-order valence-corrected chi connectivity index (χ1v) is 11.9. The van der Waals surface area contributed by atoms with Gasteiger partial charge in [-0.3, -0.25) is 4.79 Å². The number of thiazole rings is 1. The van der Waals surface area contributed by atoms with Crippen LogP contribution in [0.4, 0.5) is 24.3 Å². The molecule has 0 aliphatic heterocycles. The number of alkyl halides is 3. The zero-order valence-corrected chi connectivity index (χ0v) is 20.2. The van der Waals surface area contributed by atoms with Crippen LogP contribution >= 0.6 is 11.3 Å². The van der Waals surface area contributed by atoms with Crippen LogP contribution in [0, 0.1) is 0 Å². The first-order chi connectivity index (χ1) is 17.6. The molecule has 1 amide bonds. The number of ether oxygens (including phenoxy) is 1. The summed E-state index contributed by atoms with van der Waals surface area (Å²) < 4.78 is 43.8. The van der Waals surface area contributed by atoms with Crippen LogP contribution in [0.25, 0.3) is 21.3 Å². The molecule has 5 rings (SSSR count). The molecular weight excluding hydrogens is 507 g/mol. The van der Waals surface area contributed by atoms with Crippen molar-refractivity contribution in [3.63, 3.8) is 0 Å². The predicted molar refractivity (Wildman–Crippen MR) is 134 cm³/mol. The van der Waals surface area contributed by atoms with Crippen molar-refractivity contribution in [3.05, 3.63) is 71.8 Å². The maximum absolute atomic E-state index is 12.6. The molecule has 0 aliphatic rings. The number of hydrogen-bond acceptors (Lipinski definition) is 7. The minimum atomic E-state index is -4.77. The lowest BCUT2D eigenvalue weighted by atomic mass is 10.1. The van der Waals surface area contributed by atoms with Crippen molar-refractivity contribution in [1.82, 2.24) is 19.9 Å². The summed E-state index contributed by atoms with van der Waals surface area (Å²) in [6.07, 6.45) is -4.19. The number of phenolic OH excluding ortho intramolecular Hbond substituents is 1. The second-order valence-electron chi connectivity index (χ2n) is 8.20. The van der Waals surface area contributed by atoms with E-state index < -0.39 is 6.36 Å². The van der Waals surface area contributed by atoms with Crippen LogP contribution in [0.15, 0.2) is 60.7 Å². The van der Waals surface area contributed by atoms with Gasteiger partial charge in [0.15, 0.2) is 5.13 Å². The van der Waals surface area contributed by atoms with Crippen molar-refractivity contribution in [2.24, 2.45) is 7.05 Å². The highest BCUT2D eigenvalue weighted by molar-refractivity contribution is 7.22. The molecule has 2 heterocycles. The summed E-state index contributed by atoms with van der Waals surface area (Å²) in [5.41, 5.74) is 3.25. The van der Waals surface area contributed by atoms with Crippen LogP contribution < -0.4 is 15.4 Å². The Bertz CT molecular complexity index is 1610. The summed E-state index contributed by atoms with van der Waals surface area (Å²) in [4.78, 5) is 21.6. The number of phenols is 1. The second-order valence-corrected chi connectivity index (χ2v) is 9.23. The molecule has 0 bridgehead atoms. The van der Waals surface area contributed by atoms with Crippen molar-refractivity contribution in [1.29, 1.82) is 0 Å². The molecule has 0 fully saturated rings. The first-order valence-electron chi connectivity index (χ1n) is 11.1. The van der Waals surface area contributed by atoms with Crippen LogP contribution in [0.1, 0.15) is 15.9 Å². The Morgan fingerprint density at radius 3 is 2.70 bits per heavy atom. The molecule has 8 nitrogen and oxygen atoms in total. The highest BCUT2D eigenvalue weighted by Crippen LogP contribution is 2.33. The Hall–Kier alpha value is -4.32. The summed E-state index contributed by atoms with van der Waals surface area (Å²) in [6.45, 7) is 0.405. The maximum Gasteiger partial charge on any atom is 0.573 e. The van der Waals surface area contributed by atoms with E-state index in [0.717, 1.165) is 22.4 Å². The highest BCUT2D eigenvalue weighted by Gasteiger charge is 2.31. The maximum atomic E-state index is 12.6. The molecule has 3 aromatic carbocycles. The fourth-order valence-electron chi connectivity index (χ4n) is 3.84. The Morgan fingerprint density at radius 2 is 1.92 bits per heavy atom. The molecule has 37 heavy (non-hydrogen) atoms. The van der Waals surface area contributed by atoms with Gasteiger partial charge in [0.25, 0.3) is 5.91 Å². The minimum absolute atomic E-state index is 0.180. The third kappa shape index (κ3) is 5.59. The third-order valence-corrected chi connectivity index (χ3v) is 6.50. The number of anilines is 2. The van der Waals surface area contributed by atoms with E-state index >= 15 is 0 Å². The number of benzene rings is 3. The number of halogens is 3. The Labute approximate surface area is 212 Å². The van der Waals surface area contributed by atoms with Gasteiger partial charge in [0.2, 0.25) is 5.95 Å². The quantitative estimate of drug-likeness (QED) is 0.258. The summed E-state index contributed by atoms with van der Waals surface area (Å²) in [5.74, 6) is 0.0816. The van der Waals surface area contributed by atoms with E-state index in [4.69, 9.17) is 0 Å². The number of aromatic hydroxyl groups is 1. The fraction of sp³-hybridized carbons (Fsp3) is 0.160. The van der Waals surface area contributed by atoms with Gasteiger partial charge in [-0.1, -0.05) is 23.5 Å². The van der Waals surface area contributed by atoms with E-state index in [1.807, 2.05) is 6.07 Å². The standard InChI is InChI=1S/C25H20F3N5O3S/c1-33-20-8-5-15(22(35)29-10-9-14-3-2-4-16(34)11-14)12-19(20)30-23(33)32-24-31-18-7-6-17(13-21(18)37-24)36-25(26,27)28/h2-8,11-13,34H,9-10H2,1H3,(H,29,35)(H,30,31,32). The lowest BCUT2D eigenvalue weighted by Crippen LogP contribution is -2.25. The normalized spacial score (nSPS) is 11.7. The van der Waals surface area contributed by atoms with Crippen molar-refractivity contribution in [2.45, 2.75) is 12.8 Å². The van der Waals surface area contributed by atoms with E-state index in [1.165, 1.54) is 18.2 Å². The number of carbonyl (C=O) groups excluding carboxylic acids is 1. The third-order valence-electron chi connectivity index (χ3n) is 5.57. The van der Waals surface area contributed by atoms with E-state index in [-0.39, 0.29) is 17.4 Å². The molecule has 0 saturated heterocycles. The number of imidazole rings is 1. The predicted octanol–water partition coefficient (Wildman–Crippen LogP) is 5.50. The zero-order valence-electron chi connectivity index (χ0n) is 19.3. The van der Waals surface area contributed by atoms with Gasteiger partial charge in [-0.05, 0) is 54.4 Å². The molecule has 0 unspecified atom stereocenters. The van der Waals surface area contributed by atoms with Crippen molar-refractivity contribution in [3.8, 4) is 11.5 Å². The Morgan fingerprint density at radius 1 is 1.08 bits per heavy atom. The molecule has 0 spiro atoms. The largest absolute Gasteiger partial charge is 0.573 e. The van der Waals surface area contributed by atoms with E-state index in [2.05, 4.69) is 25.3 Å². The molecule has 0 atom stereocenters. The average Bonchev–Trinajstić information content (AvgIpc) is 3.37. The zero-order chi connectivity index (χ0) is 26.2. The molecular formula is C25H20F3N5O3S. The topological polar surface area (TPSA) is 101 Å². The highest BCUT2D eigenvalue weighted by atomic mass is 32.1. The van der Waals surface area contributed by atoms with Gasteiger partial charge in [0.05, 0.1) is 21.3 Å². The molecule has 190 valence electrons. The molecule has 0 aliphatic carbocycles. The summed E-state index contributed by atoms with van der Waals surface area (Å²) in [6, 6.07) is 16.0. The van der Waals surface area contributed by atoms with Gasteiger partial charge < -0.3 is 25.0 Å². The van der Waals surface area contributed by atoms with Gasteiger partial charge in [-0.25, -0.2) is 9.97 Å². The van der Waals surface area contributed by atoms with Crippen molar-refractivity contribution in [2.75, 3.05) is 11.9 Å². The van der Waals surface area contributed by atoms with Gasteiger partial charge in [-0.15, -0.1) is 13.2 Å². The molecule has 0 radical (unpaired) electrons. The van der Waals surface area contributed by atoms with Crippen molar-refractivity contribution >= 4 is 49.6 Å². The molecule has 2 aromatic heterocycles. The smallest absolute Gasteiger partial charge is 0.508 e. The number of fused-ring (bicyclic) bond motifs is 2. The lowest BCUT2D eigenvalue weighted by molar-refractivity contribution is -0.274. The van der Waals surface area contributed by atoms with Crippen LogP contribution in [0.5, 0.6) is 11.5 Å². The van der Waals surface area contributed by atoms with Crippen LogP contribution in [0.2, 0.25) is 0 Å². The summed E-state index contributed by atoms with van der Waals surface area (Å²) in [7, 11) is 1.80. The number of aryl methyl sites for hydroxylation is 1. The van der Waals surface area contributed by atoms with Crippen LogP contribution in [-0.2, 0) is 13.5 Å². The average molecular weight is 528 g/mol. The van der Waals surface area contributed by atoms with E-state index in [9.17, 15) is 23.1 Å². The number of nitrogens with one attached hydrogen (secondary N) is 2. The first kappa shape index (κ1) is 24.4. The molecule has 12 heteroatoms. The van der Waals surface area contributed by atoms with E-state index in [1.54, 1.807) is 48.0 Å². The van der Waals surface area contributed by atoms with Crippen molar-refractivity contribution < 1.29 is 27.8 Å². The molecule has 5 aromatic rings. The number of hydrogen-bond donors (Lipinski definition) is 3. The number of carbonyl (C=O) groups is 1. The summed E-state index contributed by atoms with van der Waals surface area (Å²) >= 11 is 1.16. The SMILES string of the molecule is Cn1c(Nc2nc3ccc(OC(F)(F)F)cc3s2)nc2cc(C(=O)NCCc3cccc(O)c3)ccc21. The molecule has 0 saturated carbocycles. The Balaban J connectivity index is 1.29. The van der Waals surface area contributed by atoms with Crippen LogP contribution in [-0.4, -0.2) is 38.5 Å². The number of aromatic nitrogens is 3.